The molecule has 21 heavy (non-hydrogen) atoms. The number of nitrogens with one attached hydrogen (secondary N) is 1. The monoisotopic (exact) mass is 287 g/mol. The third-order valence-corrected chi connectivity index (χ3v) is 4.78. The second kappa shape index (κ2) is 7.39. The number of benzene rings is 1. The first-order valence-electron chi connectivity index (χ1n) is 8.52. The Hall–Kier alpha value is -0.900. The zero-order chi connectivity index (χ0) is 14.5. The van der Waals surface area contributed by atoms with Crippen LogP contribution >= 0.6 is 0 Å². The predicted octanol–water partition coefficient (Wildman–Crippen LogP) is 2.29. The molecule has 1 saturated carbocycles. The van der Waals surface area contributed by atoms with Crippen LogP contribution in [0.1, 0.15) is 36.3 Å². The minimum atomic E-state index is 0.871. The van der Waals surface area contributed by atoms with Crippen molar-refractivity contribution in [3.63, 3.8) is 0 Å². The van der Waals surface area contributed by atoms with E-state index in [1.807, 2.05) is 0 Å². The fourth-order valence-electron chi connectivity index (χ4n) is 3.06. The minimum absolute atomic E-state index is 0.871. The molecule has 1 heterocycles. The summed E-state index contributed by atoms with van der Waals surface area (Å²) in [5.41, 5.74) is 2.95. The first-order chi connectivity index (χ1) is 10.3. The zero-order valence-electron chi connectivity index (χ0n) is 13.4. The van der Waals surface area contributed by atoms with E-state index in [0.717, 1.165) is 19.0 Å². The van der Waals surface area contributed by atoms with E-state index in [1.54, 1.807) is 0 Å². The molecule has 0 atom stereocenters. The van der Waals surface area contributed by atoms with Gasteiger partial charge in [-0.2, -0.15) is 0 Å². The first kappa shape index (κ1) is 15.0. The molecule has 3 rings (SSSR count). The molecule has 3 heteroatoms. The average molecular weight is 287 g/mol. The maximum atomic E-state index is 3.58. The second-order valence-electron chi connectivity index (χ2n) is 6.69. The van der Waals surface area contributed by atoms with Gasteiger partial charge >= 0.3 is 0 Å². The summed E-state index contributed by atoms with van der Waals surface area (Å²) in [7, 11) is 2.22. The van der Waals surface area contributed by atoms with Crippen molar-refractivity contribution in [3.05, 3.63) is 35.4 Å². The van der Waals surface area contributed by atoms with Gasteiger partial charge in [0.2, 0.25) is 0 Å². The van der Waals surface area contributed by atoms with Gasteiger partial charge in [0.15, 0.2) is 0 Å². The number of rotatable bonds is 7. The number of piperazine rings is 1. The molecule has 2 aliphatic rings. The van der Waals surface area contributed by atoms with Crippen molar-refractivity contribution in [1.29, 1.82) is 0 Å². The van der Waals surface area contributed by atoms with E-state index in [9.17, 15) is 0 Å². The van der Waals surface area contributed by atoms with Crippen LogP contribution in [0.15, 0.2) is 24.3 Å². The summed E-state index contributed by atoms with van der Waals surface area (Å²) in [4.78, 5) is 5.01. The fourth-order valence-corrected chi connectivity index (χ4v) is 3.06. The van der Waals surface area contributed by atoms with Crippen LogP contribution in [0.5, 0.6) is 0 Å². The summed E-state index contributed by atoms with van der Waals surface area (Å²) >= 11 is 0. The van der Waals surface area contributed by atoms with Gasteiger partial charge in [-0.25, -0.2) is 0 Å². The van der Waals surface area contributed by atoms with Gasteiger partial charge in [-0.1, -0.05) is 24.3 Å². The topological polar surface area (TPSA) is 18.5 Å². The molecular weight excluding hydrogens is 258 g/mol. The molecule has 1 saturated heterocycles. The van der Waals surface area contributed by atoms with E-state index in [0.29, 0.717) is 0 Å². The van der Waals surface area contributed by atoms with Gasteiger partial charge < -0.3 is 15.1 Å². The highest BCUT2D eigenvalue weighted by Gasteiger charge is 2.22. The molecule has 2 fully saturated rings. The van der Waals surface area contributed by atoms with Crippen LogP contribution in [0.2, 0.25) is 0 Å². The smallest absolute Gasteiger partial charge is 0.0205 e. The molecule has 1 aromatic rings. The molecule has 1 aromatic carbocycles. The van der Waals surface area contributed by atoms with Crippen molar-refractivity contribution in [2.45, 2.75) is 31.7 Å². The molecule has 0 bridgehead atoms. The van der Waals surface area contributed by atoms with Crippen molar-refractivity contribution in [2.75, 3.05) is 46.3 Å². The van der Waals surface area contributed by atoms with Gasteiger partial charge in [0.25, 0.3) is 0 Å². The fraction of sp³-hybridized carbons (Fsp3) is 0.667. The van der Waals surface area contributed by atoms with Crippen LogP contribution in [0.25, 0.3) is 0 Å². The molecule has 3 nitrogen and oxygen atoms in total. The molecule has 0 amide bonds. The maximum absolute atomic E-state index is 3.58. The highest BCUT2D eigenvalue weighted by atomic mass is 15.2. The lowest BCUT2D eigenvalue weighted by atomic mass is 10.1. The molecule has 1 aliphatic heterocycles. The van der Waals surface area contributed by atoms with Crippen LogP contribution in [0.3, 0.4) is 0 Å². The lowest BCUT2D eigenvalue weighted by Crippen LogP contribution is -2.45. The standard InChI is InChI=1S/C18H29N3/c1-20-11-13-21(14-12-20)10-2-9-19-15-16-3-5-17(6-4-16)18-7-8-18/h3-6,18-19H,2,7-15H2,1H3. The van der Waals surface area contributed by atoms with Crippen molar-refractivity contribution in [2.24, 2.45) is 0 Å². The summed E-state index contributed by atoms with van der Waals surface area (Å²) < 4.78 is 0. The maximum Gasteiger partial charge on any atom is 0.0205 e. The number of likely N-dealkylation sites (N-methyl/N-ethyl adjacent to an activating group) is 1. The third-order valence-electron chi connectivity index (χ3n) is 4.78. The molecule has 0 unspecified atom stereocenters. The van der Waals surface area contributed by atoms with Crippen molar-refractivity contribution in [1.82, 2.24) is 15.1 Å². The predicted molar refractivity (Wildman–Crippen MR) is 88.7 cm³/mol. The summed E-state index contributed by atoms with van der Waals surface area (Å²) in [6.45, 7) is 8.28. The van der Waals surface area contributed by atoms with Crippen molar-refractivity contribution >= 4 is 0 Å². The van der Waals surface area contributed by atoms with E-state index in [-0.39, 0.29) is 0 Å². The van der Waals surface area contributed by atoms with E-state index in [2.05, 4.69) is 46.4 Å². The quantitative estimate of drug-likeness (QED) is 0.776. The van der Waals surface area contributed by atoms with Crippen molar-refractivity contribution in [3.8, 4) is 0 Å². The lowest BCUT2D eigenvalue weighted by Gasteiger charge is -2.32. The largest absolute Gasteiger partial charge is 0.313 e. The highest BCUT2D eigenvalue weighted by Crippen LogP contribution is 2.39. The Kier molecular flexibility index (Phi) is 5.28. The zero-order valence-corrected chi connectivity index (χ0v) is 13.4. The minimum Gasteiger partial charge on any atom is -0.313 e. The van der Waals surface area contributed by atoms with Gasteiger partial charge in [0, 0.05) is 32.7 Å². The van der Waals surface area contributed by atoms with Crippen LogP contribution in [-0.2, 0) is 6.54 Å². The van der Waals surface area contributed by atoms with Crippen LogP contribution in [0.4, 0.5) is 0 Å². The van der Waals surface area contributed by atoms with Crippen LogP contribution < -0.4 is 5.32 Å². The normalized spacial score (nSPS) is 20.8. The van der Waals surface area contributed by atoms with Crippen molar-refractivity contribution < 1.29 is 0 Å². The van der Waals surface area contributed by atoms with E-state index >= 15 is 0 Å². The average Bonchev–Trinajstić information content (AvgIpc) is 3.34. The van der Waals surface area contributed by atoms with Gasteiger partial charge in [-0.05, 0) is 56.4 Å². The first-order valence-corrected chi connectivity index (χ1v) is 8.52. The Labute approximate surface area is 129 Å². The van der Waals surface area contributed by atoms with E-state index < -0.39 is 0 Å². The van der Waals surface area contributed by atoms with Gasteiger partial charge in [-0.15, -0.1) is 0 Å². The third kappa shape index (κ3) is 4.80. The molecule has 0 spiro atoms. The Morgan fingerprint density at radius 1 is 1.05 bits per heavy atom. The Balaban J connectivity index is 1.27. The van der Waals surface area contributed by atoms with Gasteiger partial charge in [0.1, 0.15) is 0 Å². The Morgan fingerprint density at radius 2 is 1.76 bits per heavy atom. The summed E-state index contributed by atoms with van der Waals surface area (Å²) in [6.07, 6.45) is 4.04. The number of nitrogens with zero attached hydrogens (tertiary/aromatic N) is 2. The molecule has 0 radical (unpaired) electrons. The van der Waals surface area contributed by atoms with Crippen LogP contribution in [-0.4, -0.2) is 56.1 Å². The summed E-state index contributed by atoms with van der Waals surface area (Å²) in [5.74, 6) is 0.871. The highest BCUT2D eigenvalue weighted by molar-refractivity contribution is 5.27. The molecule has 1 aliphatic carbocycles. The van der Waals surface area contributed by atoms with Gasteiger partial charge in [0.05, 0.1) is 0 Å². The molecule has 116 valence electrons. The Morgan fingerprint density at radius 3 is 2.43 bits per heavy atom. The number of hydrogen-bond donors (Lipinski definition) is 1. The lowest BCUT2D eigenvalue weighted by molar-refractivity contribution is 0.153. The van der Waals surface area contributed by atoms with Gasteiger partial charge in [-0.3, -0.25) is 0 Å². The van der Waals surface area contributed by atoms with E-state index in [4.69, 9.17) is 0 Å². The second-order valence-corrected chi connectivity index (χ2v) is 6.69. The summed E-state index contributed by atoms with van der Waals surface area (Å²) in [5, 5.41) is 3.58. The summed E-state index contributed by atoms with van der Waals surface area (Å²) in [6, 6.07) is 9.22. The van der Waals surface area contributed by atoms with Crippen LogP contribution in [0, 0.1) is 0 Å². The molecule has 1 N–H and O–H groups in total. The SMILES string of the molecule is CN1CCN(CCCNCc2ccc(C3CC3)cc2)CC1. The molecule has 0 aromatic heterocycles. The number of hydrogen-bond acceptors (Lipinski definition) is 3. The van der Waals surface area contributed by atoms with E-state index in [1.165, 1.54) is 63.1 Å². The molecular formula is C18H29N3. The Bertz CT molecular complexity index is 417.